The molecule has 0 aliphatic rings. The van der Waals surface area contributed by atoms with Crippen LogP contribution in [0.2, 0.25) is 0 Å². The van der Waals surface area contributed by atoms with Gasteiger partial charge in [0.2, 0.25) is 0 Å². The highest BCUT2D eigenvalue weighted by Crippen LogP contribution is 2.16. The van der Waals surface area contributed by atoms with Gasteiger partial charge in [-0.15, -0.1) is 5.10 Å². The molecule has 1 N–H and O–H groups in total. The van der Waals surface area contributed by atoms with Crippen LogP contribution in [0, 0.1) is 0 Å². The maximum absolute atomic E-state index is 5.20. The van der Waals surface area contributed by atoms with Gasteiger partial charge in [0, 0.05) is 7.11 Å². The van der Waals surface area contributed by atoms with Crippen molar-refractivity contribution in [1.29, 1.82) is 0 Å². The average Bonchev–Trinajstić information content (AvgIpc) is 2.82. The number of aromatic nitrogens is 4. The van der Waals surface area contributed by atoms with Gasteiger partial charge in [0.25, 0.3) is 0 Å². The van der Waals surface area contributed by atoms with Crippen molar-refractivity contribution in [2.75, 3.05) is 20.3 Å². The van der Waals surface area contributed by atoms with Crippen LogP contribution in [0.15, 0.2) is 0 Å². The summed E-state index contributed by atoms with van der Waals surface area (Å²) in [6.45, 7) is 7.93. The normalized spacial score (nSPS) is 14.8. The molecular weight excluding hydrogens is 218 g/mol. The van der Waals surface area contributed by atoms with Crippen molar-refractivity contribution in [1.82, 2.24) is 25.5 Å². The molecule has 0 aromatic carbocycles. The topological polar surface area (TPSA) is 64.9 Å². The van der Waals surface area contributed by atoms with Gasteiger partial charge >= 0.3 is 0 Å². The van der Waals surface area contributed by atoms with E-state index in [4.69, 9.17) is 4.74 Å². The Morgan fingerprint density at radius 2 is 2.18 bits per heavy atom. The van der Waals surface area contributed by atoms with Gasteiger partial charge in [-0.3, -0.25) is 0 Å². The van der Waals surface area contributed by atoms with Crippen LogP contribution in [0.25, 0.3) is 0 Å². The molecule has 17 heavy (non-hydrogen) atoms. The standard InChI is InChI=1S/C11H23N5O/c1-5-7-12-9(3)11-13-14-15-16(11)10(6-2)8-17-4/h9-10,12H,5-8H2,1-4H3. The first kappa shape index (κ1) is 14.1. The van der Waals surface area contributed by atoms with Crippen molar-refractivity contribution in [3.05, 3.63) is 5.82 Å². The zero-order valence-corrected chi connectivity index (χ0v) is 11.2. The number of hydrogen-bond acceptors (Lipinski definition) is 5. The van der Waals surface area contributed by atoms with Gasteiger partial charge in [0.1, 0.15) is 0 Å². The highest BCUT2D eigenvalue weighted by molar-refractivity contribution is 4.91. The second-order valence-electron chi connectivity index (χ2n) is 4.17. The molecule has 0 aliphatic heterocycles. The first-order valence-corrected chi connectivity index (χ1v) is 6.24. The van der Waals surface area contributed by atoms with E-state index in [1.165, 1.54) is 0 Å². The van der Waals surface area contributed by atoms with E-state index in [0.29, 0.717) is 6.61 Å². The molecule has 98 valence electrons. The number of rotatable bonds is 8. The van der Waals surface area contributed by atoms with Crippen LogP contribution < -0.4 is 5.32 Å². The molecule has 0 spiro atoms. The number of tetrazole rings is 1. The lowest BCUT2D eigenvalue weighted by atomic mass is 10.2. The van der Waals surface area contributed by atoms with Gasteiger partial charge < -0.3 is 10.1 Å². The molecule has 6 nitrogen and oxygen atoms in total. The number of methoxy groups -OCH3 is 1. The maximum atomic E-state index is 5.20. The van der Waals surface area contributed by atoms with Crippen LogP contribution in [0.4, 0.5) is 0 Å². The molecule has 1 rings (SSSR count). The second kappa shape index (κ2) is 7.34. The maximum Gasteiger partial charge on any atom is 0.168 e. The lowest BCUT2D eigenvalue weighted by Crippen LogP contribution is -2.26. The molecular formula is C11H23N5O. The van der Waals surface area contributed by atoms with Gasteiger partial charge in [-0.2, -0.15) is 0 Å². The van der Waals surface area contributed by atoms with E-state index in [0.717, 1.165) is 25.2 Å². The summed E-state index contributed by atoms with van der Waals surface area (Å²) in [4.78, 5) is 0. The average molecular weight is 241 g/mol. The Kier molecular flexibility index (Phi) is 6.07. The third-order valence-corrected chi connectivity index (χ3v) is 2.78. The quantitative estimate of drug-likeness (QED) is 0.744. The minimum atomic E-state index is 0.163. The van der Waals surface area contributed by atoms with Crippen LogP contribution >= 0.6 is 0 Å². The summed E-state index contributed by atoms with van der Waals surface area (Å²) in [7, 11) is 1.70. The molecule has 0 amide bonds. The third-order valence-electron chi connectivity index (χ3n) is 2.78. The van der Waals surface area contributed by atoms with Gasteiger partial charge in [0.15, 0.2) is 5.82 Å². The van der Waals surface area contributed by atoms with E-state index in [1.54, 1.807) is 7.11 Å². The van der Waals surface area contributed by atoms with Gasteiger partial charge in [0.05, 0.1) is 18.7 Å². The molecule has 0 bridgehead atoms. The number of hydrogen-bond donors (Lipinski definition) is 1. The predicted molar refractivity (Wildman–Crippen MR) is 65.7 cm³/mol. The Hall–Kier alpha value is -1.01. The minimum Gasteiger partial charge on any atom is -0.382 e. The summed E-state index contributed by atoms with van der Waals surface area (Å²) in [5, 5.41) is 15.3. The number of nitrogens with zero attached hydrogens (tertiary/aromatic N) is 4. The second-order valence-corrected chi connectivity index (χ2v) is 4.17. The van der Waals surface area contributed by atoms with Crippen LogP contribution in [-0.4, -0.2) is 40.5 Å². The van der Waals surface area contributed by atoms with Gasteiger partial charge in [-0.1, -0.05) is 13.8 Å². The fourth-order valence-electron chi connectivity index (χ4n) is 1.75. The van der Waals surface area contributed by atoms with E-state index in [-0.39, 0.29) is 12.1 Å². The zero-order valence-electron chi connectivity index (χ0n) is 11.2. The van der Waals surface area contributed by atoms with E-state index >= 15 is 0 Å². The lowest BCUT2D eigenvalue weighted by molar-refractivity contribution is 0.143. The van der Waals surface area contributed by atoms with Crippen molar-refractivity contribution >= 4 is 0 Å². The predicted octanol–water partition coefficient (Wildman–Crippen LogP) is 1.33. The summed E-state index contributed by atoms with van der Waals surface area (Å²) in [6.07, 6.45) is 2.05. The molecule has 0 aliphatic carbocycles. The third kappa shape index (κ3) is 3.74. The van der Waals surface area contributed by atoms with E-state index in [9.17, 15) is 0 Å². The highest BCUT2D eigenvalue weighted by Gasteiger charge is 2.19. The minimum absolute atomic E-state index is 0.163. The molecule has 2 atom stereocenters. The summed E-state index contributed by atoms with van der Waals surface area (Å²) in [5.41, 5.74) is 0. The summed E-state index contributed by atoms with van der Waals surface area (Å²) in [5.74, 6) is 0.877. The molecule has 0 fully saturated rings. The van der Waals surface area contributed by atoms with Crippen molar-refractivity contribution in [2.45, 2.75) is 45.7 Å². The fourth-order valence-corrected chi connectivity index (χ4v) is 1.75. The summed E-state index contributed by atoms with van der Waals surface area (Å²) >= 11 is 0. The van der Waals surface area contributed by atoms with Gasteiger partial charge in [-0.05, 0) is 36.7 Å². The molecule has 1 aromatic rings. The van der Waals surface area contributed by atoms with E-state index in [1.807, 2.05) is 4.68 Å². The molecule has 0 saturated heterocycles. The SMILES string of the molecule is CCCNC(C)c1nnnn1C(CC)COC. The Morgan fingerprint density at radius 1 is 1.41 bits per heavy atom. The largest absolute Gasteiger partial charge is 0.382 e. The molecule has 1 aromatic heterocycles. The van der Waals surface area contributed by atoms with Crippen LogP contribution in [-0.2, 0) is 4.74 Å². The smallest absolute Gasteiger partial charge is 0.168 e. The van der Waals surface area contributed by atoms with E-state index in [2.05, 4.69) is 41.6 Å². The number of nitrogens with one attached hydrogen (secondary N) is 1. The monoisotopic (exact) mass is 241 g/mol. The van der Waals surface area contributed by atoms with Crippen LogP contribution in [0.1, 0.15) is 51.5 Å². The van der Waals surface area contributed by atoms with Crippen molar-refractivity contribution in [3.8, 4) is 0 Å². The fraction of sp³-hybridized carbons (Fsp3) is 0.909. The zero-order chi connectivity index (χ0) is 12.7. The number of ether oxygens (including phenoxy) is 1. The Morgan fingerprint density at radius 3 is 2.76 bits per heavy atom. The summed E-state index contributed by atoms with van der Waals surface area (Å²) in [6, 6.07) is 0.367. The van der Waals surface area contributed by atoms with Crippen molar-refractivity contribution in [2.24, 2.45) is 0 Å². The van der Waals surface area contributed by atoms with Crippen LogP contribution in [0.5, 0.6) is 0 Å². The lowest BCUT2D eigenvalue weighted by Gasteiger charge is -2.18. The Balaban J connectivity index is 2.75. The molecule has 2 unspecified atom stereocenters. The molecule has 6 heteroatoms. The van der Waals surface area contributed by atoms with Crippen LogP contribution in [0.3, 0.4) is 0 Å². The Labute approximate surface area is 103 Å². The highest BCUT2D eigenvalue weighted by atomic mass is 16.5. The first-order chi connectivity index (χ1) is 8.24. The molecule has 1 heterocycles. The van der Waals surface area contributed by atoms with Gasteiger partial charge in [-0.25, -0.2) is 4.68 Å². The van der Waals surface area contributed by atoms with E-state index < -0.39 is 0 Å². The molecule has 0 radical (unpaired) electrons. The molecule has 0 saturated carbocycles. The van der Waals surface area contributed by atoms with Crippen molar-refractivity contribution in [3.63, 3.8) is 0 Å². The summed E-state index contributed by atoms with van der Waals surface area (Å²) < 4.78 is 7.07. The van der Waals surface area contributed by atoms with Crippen molar-refractivity contribution < 1.29 is 4.74 Å². The first-order valence-electron chi connectivity index (χ1n) is 6.24. The Bertz CT molecular complexity index is 315.